The second-order valence-electron chi connectivity index (χ2n) is 2.12. The average molecular weight is 163 g/mol. The Morgan fingerprint density at radius 2 is 2.42 bits per heavy atom. The van der Waals surface area contributed by atoms with Crippen molar-refractivity contribution in [3.05, 3.63) is 12.5 Å². The molecule has 0 aliphatic heterocycles. The highest BCUT2D eigenvalue weighted by atomic mass is 16.1. The maximum Gasteiger partial charge on any atom is 0.212 e. The van der Waals surface area contributed by atoms with Gasteiger partial charge in [-0.25, -0.2) is 9.97 Å². The Hall–Kier alpha value is -1.98. The number of hydrogen-bond donors (Lipinski definition) is 2. The van der Waals surface area contributed by atoms with Gasteiger partial charge in [-0.2, -0.15) is 5.10 Å². The average Bonchev–Trinajstić information content (AvgIpc) is 2.53. The highest BCUT2D eigenvalue weighted by Crippen LogP contribution is 2.14. The molecule has 2 heterocycles. The van der Waals surface area contributed by atoms with Crippen LogP contribution in [0.3, 0.4) is 0 Å². The summed E-state index contributed by atoms with van der Waals surface area (Å²) in [5.74, 6) is 0.462. The van der Waals surface area contributed by atoms with Crippen molar-refractivity contribution in [2.45, 2.75) is 0 Å². The van der Waals surface area contributed by atoms with Gasteiger partial charge in [0.25, 0.3) is 0 Å². The highest BCUT2D eigenvalue weighted by molar-refractivity contribution is 5.90. The van der Waals surface area contributed by atoms with Crippen molar-refractivity contribution in [3.8, 4) is 0 Å². The number of fused-ring (bicyclic) bond motifs is 1. The molecule has 0 aliphatic carbocycles. The van der Waals surface area contributed by atoms with Gasteiger partial charge in [-0.3, -0.25) is 9.89 Å². The van der Waals surface area contributed by atoms with E-state index in [1.807, 2.05) is 0 Å². The van der Waals surface area contributed by atoms with E-state index in [1.54, 1.807) is 6.20 Å². The van der Waals surface area contributed by atoms with Gasteiger partial charge in [0, 0.05) is 0 Å². The minimum absolute atomic E-state index is 0.462. The number of anilines is 1. The first kappa shape index (κ1) is 6.71. The predicted octanol–water partition coefficient (Wildman–Crippen LogP) is -0.0788. The summed E-state index contributed by atoms with van der Waals surface area (Å²) in [6, 6.07) is 0. The fourth-order valence-corrected chi connectivity index (χ4v) is 0.936. The summed E-state index contributed by atoms with van der Waals surface area (Å²) in [6.45, 7) is 0. The summed E-state index contributed by atoms with van der Waals surface area (Å²) in [5.41, 5.74) is 0.606. The van der Waals surface area contributed by atoms with Gasteiger partial charge in [-0.15, -0.1) is 0 Å². The monoisotopic (exact) mass is 163 g/mol. The van der Waals surface area contributed by atoms with Crippen molar-refractivity contribution >= 4 is 23.3 Å². The van der Waals surface area contributed by atoms with E-state index >= 15 is 0 Å². The Morgan fingerprint density at radius 3 is 3.25 bits per heavy atom. The molecule has 0 radical (unpaired) electrons. The van der Waals surface area contributed by atoms with Crippen LogP contribution in [0.4, 0.5) is 5.82 Å². The van der Waals surface area contributed by atoms with Gasteiger partial charge in [0.05, 0.1) is 11.6 Å². The number of aromatic amines is 1. The van der Waals surface area contributed by atoms with E-state index < -0.39 is 0 Å². The van der Waals surface area contributed by atoms with Crippen molar-refractivity contribution in [2.24, 2.45) is 0 Å². The van der Waals surface area contributed by atoms with Crippen LogP contribution >= 0.6 is 0 Å². The van der Waals surface area contributed by atoms with Crippen LogP contribution in [0.2, 0.25) is 0 Å². The third kappa shape index (κ3) is 0.895. The summed E-state index contributed by atoms with van der Waals surface area (Å²) in [5, 5.41) is 9.57. The summed E-state index contributed by atoms with van der Waals surface area (Å²) in [7, 11) is 0. The Bertz CT molecular complexity index is 409. The first-order valence-electron chi connectivity index (χ1n) is 3.26. The molecule has 2 N–H and O–H groups in total. The first-order chi connectivity index (χ1) is 5.92. The van der Waals surface area contributed by atoms with Crippen LogP contribution in [0, 0.1) is 0 Å². The third-order valence-corrected chi connectivity index (χ3v) is 1.44. The Labute approximate surface area is 67.0 Å². The molecule has 2 aromatic rings. The van der Waals surface area contributed by atoms with E-state index in [0.717, 1.165) is 0 Å². The molecule has 12 heavy (non-hydrogen) atoms. The molecule has 0 atom stereocenters. The van der Waals surface area contributed by atoms with E-state index in [2.05, 4.69) is 25.5 Å². The van der Waals surface area contributed by atoms with Crippen LogP contribution in [0.25, 0.3) is 11.0 Å². The van der Waals surface area contributed by atoms with Crippen LogP contribution in [0.15, 0.2) is 12.5 Å². The molecule has 0 saturated heterocycles. The maximum atomic E-state index is 10.1. The van der Waals surface area contributed by atoms with E-state index in [0.29, 0.717) is 23.3 Å². The van der Waals surface area contributed by atoms with Crippen LogP contribution in [0.1, 0.15) is 0 Å². The SMILES string of the molecule is O=CNc1ncnc2[nH]ncc12. The quantitative estimate of drug-likeness (QED) is 0.606. The minimum Gasteiger partial charge on any atom is -0.313 e. The number of aromatic nitrogens is 4. The molecule has 2 aromatic heterocycles. The third-order valence-electron chi connectivity index (χ3n) is 1.44. The highest BCUT2D eigenvalue weighted by Gasteiger charge is 2.02. The van der Waals surface area contributed by atoms with Gasteiger partial charge < -0.3 is 5.32 Å². The fourth-order valence-electron chi connectivity index (χ4n) is 0.936. The van der Waals surface area contributed by atoms with Crippen LogP contribution in [-0.2, 0) is 4.79 Å². The number of hydrogen-bond acceptors (Lipinski definition) is 4. The lowest BCUT2D eigenvalue weighted by atomic mass is 10.4. The van der Waals surface area contributed by atoms with E-state index in [-0.39, 0.29) is 0 Å². The molecule has 0 unspecified atom stereocenters. The predicted molar refractivity (Wildman–Crippen MR) is 41.4 cm³/mol. The zero-order valence-electron chi connectivity index (χ0n) is 5.98. The van der Waals surface area contributed by atoms with Gasteiger partial charge in [-0.1, -0.05) is 0 Å². The standard InChI is InChI=1S/C6H5N5O/c12-3-9-5-4-1-10-11-6(4)8-2-7-5/h1-3H,(H2,7,8,9,10,11,12). The van der Waals surface area contributed by atoms with Crippen molar-refractivity contribution in [1.82, 2.24) is 20.2 Å². The van der Waals surface area contributed by atoms with Crippen LogP contribution < -0.4 is 5.32 Å². The number of carbonyl (C=O) groups is 1. The molecule has 0 fully saturated rings. The molecule has 0 aromatic carbocycles. The largest absolute Gasteiger partial charge is 0.313 e. The molecule has 1 amide bonds. The van der Waals surface area contributed by atoms with Crippen molar-refractivity contribution in [1.29, 1.82) is 0 Å². The number of nitrogens with zero attached hydrogens (tertiary/aromatic N) is 3. The van der Waals surface area contributed by atoms with E-state index in [1.165, 1.54) is 6.33 Å². The van der Waals surface area contributed by atoms with Gasteiger partial charge >= 0.3 is 0 Å². The summed E-state index contributed by atoms with van der Waals surface area (Å²) in [6.07, 6.45) is 3.47. The first-order valence-corrected chi connectivity index (χ1v) is 3.26. The topological polar surface area (TPSA) is 83.6 Å². The van der Waals surface area contributed by atoms with Crippen molar-refractivity contribution in [3.63, 3.8) is 0 Å². The van der Waals surface area contributed by atoms with E-state index in [4.69, 9.17) is 0 Å². The number of rotatable bonds is 2. The molecule has 0 bridgehead atoms. The Morgan fingerprint density at radius 1 is 1.50 bits per heavy atom. The summed E-state index contributed by atoms with van der Waals surface area (Å²) < 4.78 is 0. The van der Waals surface area contributed by atoms with Crippen molar-refractivity contribution < 1.29 is 4.79 Å². The summed E-state index contributed by atoms with van der Waals surface area (Å²) >= 11 is 0. The fraction of sp³-hybridized carbons (Fsp3) is 0. The molecular formula is C6H5N5O. The molecule has 0 spiro atoms. The van der Waals surface area contributed by atoms with Crippen LogP contribution in [-0.4, -0.2) is 26.6 Å². The molecule has 0 saturated carbocycles. The summed E-state index contributed by atoms with van der Waals surface area (Å²) in [4.78, 5) is 17.9. The maximum absolute atomic E-state index is 10.1. The number of carbonyl (C=O) groups excluding carboxylic acids is 1. The molecule has 60 valence electrons. The molecular weight excluding hydrogens is 158 g/mol. The number of nitrogens with one attached hydrogen (secondary N) is 2. The zero-order chi connectivity index (χ0) is 8.39. The molecule has 0 aliphatic rings. The Kier molecular flexibility index (Phi) is 1.44. The normalized spacial score (nSPS) is 10.0. The molecule has 6 nitrogen and oxygen atoms in total. The lowest BCUT2D eigenvalue weighted by Crippen LogP contribution is -1.97. The second kappa shape index (κ2) is 2.57. The second-order valence-corrected chi connectivity index (χ2v) is 2.12. The van der Waals surface area contributed by atoms with Gasteiger partial charge in [0.15, 0.2) is 5.65 Å². The smallest absolute Gasteiger partial charge is 0.212 e. The van der Waals surface area contributed by atoms with Gasteiger partial charge in [0.1, 0.15) is 12.1 Å². The van der Waals surface area contributed by atoms with Gasteiger partial charge in [0.2, 0.25) is 6.41 Å². The van der Waals surface area contributed by atoms with Crippen LogP contribution in [0.5, 0.6) is 0 Å². The molecule has 2 rings (SSSR count). The minimum atomic E-state index is 0.462. The zero-order valence-corrected chi connectivity index (χ0v) is 5.98. The lowest BCUT2D eigenvalue weighted by molar-refractivity contribution is -0.105. The van der Waals surface area contributed by atoms with Crippen molar-refractivity contribution in [2.75, 3.05) is 5.32 Å². The Balaban J connectivity index is 2.65. The van der Waals surface area contributed by atoms with Gasteiger partial charge in [-0.05, 0) is 0 Å². The molecule has 6 heteroatoms. The lowest BCUT2D eigenvalue weighted by Gasteiger charge is -1.95. The number of H-pyrrole nitrogens is 1. The number of amides is 1. The van der Waals surface area contributed by atoms with E-state index in [9.17, 15) is 4.79 Å².